The third kappa shape index (κ3) is 8.77. The molecule has 21 heteroatoms. The SMILES string of the molecule is CC(C)=CC1CC(C)(O)C2C3CCC4[C@@]5(C)CC[C@@H](O[C@H]6OC[C@H](O)C(O[C@H]7O[C@H](CO)[C@@H](O)C(O)[C@@H]7O[C@@H]7OC[C@H](O)C(O)[C@H]7O)[C@@H]6O[C@H]6O[C@@H](C)[C@H](O)[C@@H](O)[C@@H]6O)C(C)(C)C5CC[C@@]4(C)[C@@]34CO[C@@]2(C4)O1. The highest BCUT2D eigenvalue weighted by Gasteiger charge is 2.81. The monoisotopic (exact) mass is 1040 g/mol. The molecule has 6 aliphatic heterocycles. The Morgan fingerprint density at radius 1 is 0.644 bits per heavy atom. The number of fused-ring (bicyclic) bond motifs is 4. The van der Waals surface area contributed by atoms with Crippen LogP contribution in [0, 0.1) is 45.3 Å². The molecule has 29 atom stereocenters. The molecule has 73 heavy (non-hydrogen) atoms. The van der Waals surface area contributed by atoms with E-state index < -0.39 is 147 Å². The molecule has 0 radical (unpaired) electrons. The van der Waals surface area contributed by atoms with Crippen LogP contribution in [0.1, 0.15) is 107 Å². The van der Waals surface area contributed by atoms with E-state index in [1.807, 2.05) is 6.92 Å². The molecule has 10 rings (SSSR count). The predicted octanol–water partition coefficient (Wildman–Crippen LogP) is -0.542. The van der Waals surface area contributed by atoms with Gasteiger partial charge in [-0.3, -0.25) is 0 Å². The van der Waals surface area contributed by atoms with Gasteiger partial charge in [-0.15, -0.1) is 0 Å². The second-order valence-electron chi connectivity index (χ2n) is 25.3. The number of hydrogen-bond acceptors (Lipinski definition) is 21. The van der Waals surface area contributed by atoms with Crippen LogP contribution in [-0.4, -0.2) is 217 Å². The molecule has 11 N–H and O–H groups in total. The molecule has 0 aromatic heterocycles. The van der Waals surface area contributed by atoms with Crippen LogP contribution >= 0.6 is 0 Å². The van der Waals surface area contributed by atoms with Crippen molar-refractivity contribution in [3.8, 4) is 0 Å². The quantitative estimate of drug-likeness (QED) is 0.0967. The third-order valence-electron chi connectivity index (χ3n) is 20.4. The molecular formula is C52H84O21. The third-order valence-corrected chi connectivity index (χ3v) is 20.4. The van der Waals surface area contributed by atoms with Crippen molar-refractivity contribution in [1.29, 1.82) is 0 Å². The molecule has 9 unspecified atom stereocenters. The molecule has 4 aliphatic carbocycles. The molecule has 10 fully saturated rings. The van der Waals surface area contributed by atoms with Gasteiger partial charge in [0.1, 0.15) is 79.4 Å². The minimum absolute atomic E-state index is 0.108. The Hall–Kier alpha value is -1.10. The summed E-state index contributed by atoms with van der Waals surface area (Å²) in [5.41, 5.74) is -0.717. The van der Waals surface area contributed by atoms with Crippen molar-refractivity contribution in [3.05, 3.63) is 11.6 Å². The first-order valence-corrected chi connectivity index (χ1v) is 26.8. The predicted molar refractivity (Wildman–Crippen MR) is 250 cm³/mol. The Kier molecular flexibility index (Phi) is 14.8. The lowest BCUT2D eigenvalue weighted by Crippen LogP contribution is -2.68. The van der Waals surface area contributed by atoms with Gasteiger partial charge >= 0.3 is 0 Å². The molecule has 2 spiro atoms. The van der Waals surface area contributed by atoms with E-state index in [0.717, 1.165) is 44.1 Å². The zero-order valence-electron chi connectivity index (χ0n) is 43.4. The molecule has 2 bridgehead atoms. The van der Waals surface area contributed by atoms with Gasteiger partial charge in [0, 0.05) is 24.2 Å². The van der Waals surface area contributed by atoms with Gasteiger partial charge in [0.15, 0.2) is 30.9 Å². The summed E-state index contributed by atoms with van der Waals surface area (Å²) in [7, 11) is 0. The van der Waals surface area contributed by atoms with E-state index in [1.54, 1.807) is 0 Å². The van der Waals surface area contributed by atoms with Crippen LogP contribution in [0.25, 0.3) is 0 Å². The fraction of sp³-hybridized carbons (Fsp3) is 0.962. The highest BCUT2D eigenvalue weighted by molar-refractivity contribution is 5.27. The van der Waals surface area contributed by atoms with E-state index in [4.69, 9.17) is 47.4 Å². The van der Waals surface area contributed by atoms with Gasteiger partial charge in [-0.2, -0.15) is 0 Å². The smallest absolute Gasteiger partial charge is 0.187 e. The number of allylic oxidation sites excluding steroid dienone is 1. The average molecular weight is 1050 g/mol. The maximum absolute atomic E-state index is 12.3. The molecule has 4 saturated carbocycles. The van der Waals surface area contributed by atoms with Crippen molar-refractivity contribution in [2.75, 3.05) is 26.4 Å². The number of ether oxygens (including phenoxy) is 10. The molecule has 0 amide bonds. The Labute approximate surface area is 426 Å². The second kappa shape index (κ2) is 19.6. The summed E-state index contributed by atoms with van der Waals surface area (Å²) < 4.78 is 63.4. The minimum atomic E-state index is -1.87. The van der Waals surface area contributed by atoms with Gasteiger partial charge in [-0.1, -0.05) is 39.3 Å². The topological polar surface area (TPSA) is 315 Å². The largest absolute Gasteiger partial charge is 0.394 e. The Bertz CT molecular complexity index is 2010. The standard InChI is InChI=1S/C52H84O21/c1-22(2)15-24-16-50(8,63)42-25-9-10-30-48(6)13-12-31(47(4,5)29(48)11-14-49(30,7)51(25)20-52(42,73-24)66-21-51)69-45-41(72-44-38(62)35(59)32(56)23(3)67-44)39(27(55)19-65-45)70-46-40(36(60)34(58)28(17-53)68-46)71-43-37(61)33(57)26(54)18-64-43/h15,23-46,53-63H,9-14,16-21H2,1-8H3/t23-,24?,25?,26-,27-,28+,29?,30?,31+,32-,33?,34+,35+,36?,37+,38-,39?,40-,41-,42?,43-,44+,45+,46+,48-,49+,50?,51-,52-/m0/s1. The average Bonchev–Trinajstić information content (AvgIpc) is 3.85. The summed E-state index contributed by atoms with van der Waals surface area (Å²) in [5.74, 6) is -0.230. The number of aliphatic hydroxyl groups is 11. The van der Waals surface area contributed by atoms with Gasteiger partial charge in [0.25, 0.3) is 0 Å². The van der Waals surface area contributed by atoms with Gasteiger partial charge in [0.05, 0.1) is 50.3 Å². The Balaban J connectivity index is 0.919. The molecule has 21 nitrogen and oxygen atoms in total. The zero-order chi connectivity index (χ0) is 52.7. The van der Waals surface area contributed by atoms with Crippen LogP contribution in [-0.2, 0) is 47.4 Å². The fourth-order valence-electron chi connectivity index (χ4n) is 16.9. The molecule has 6 saturated heterocycles. The summed E-state index contributed by atoms with van der Waals surface area (Å²) in [6.07, 6.45) is -20.8. The molecule has 0 aromatic rings. The van der Waals surface area contributed by atoms with Crippen molar-refractivity contribution < 1.29 is 104 Å². The van der Waals surface area contributed by atoms with Crippen molar-refractivity contribution >= 4 is 0 Å². The number of hydrogen-bond donors (Lipinski definition) is 11. The molecule has 6 heterocycles. The maximum Gasteiger partial charge on any atom is 0.187 e. The van der Waals surface area contributed by atoms with Gasteiger partial charge < -0.3 is 104 Å². The normalized spacial score (nSPS) is 57.5. The fourth-order valence-corrected chi connectivity index (χ4v) is 16.9. The van der Waals surface area contributed by atoms with Gasteiger partial charge in [-0.25, -0.2) is 0 Å². The lowest BCUT2D eigenvalue weighted by Gasteiger charge is -2.70. The highest BCUT2D eigenvalue weighted by Crippen LogP contribution is 2.80. The molecule has 10 aliphatic rings. The lowest BCUT2D eigenvalue weighted by molar-refractivity contribution is -0.399. The zero-order valence-corrected chi connectivity index (χ0v) is 43.4. The summed E-state index contributed by atoms with van der Waals surface area (Å²) in [4.78, 5) is 0. The van der Waals surface area contributed by atoms with Crippen molar-refractivity contribution in [1.82, 2.24) is 0 Å². The number of rotatable bonds is 10. The minimum Gasteiger partial charge on any atom is -0.394 e. The van der Waals surface area contributed by atoms with E-state index in [-0.39, 0.29) is 46.7 Å². The van der Waals surface area contributed by atoms with Crippen LogP contribution in [0.15, 0.2) is 11.6 Å². The van der Waals surface area contributed by atoms with Gasteiger partial charge in [0.2, 0.25) is 0 Å². The van der Waals surface area contributed by atoms with Crippen LogP contribution in [0.2, 0.25) is 0 Å². The van der Waals surface area contributed by atoms with E-state index >= 15 is 0 Å². The summed E-state index contributed by atoms with van der Waals surface area (Å²) in [5, 5.41) is 121. The van der Waals surface area contributed by atoms with Crippen LogP contribution in [0.5, 0.6) is 0 Å². The first-order chi connectivity index (χ1) is 34.2. The Morgan fingerprint density at radius 3 is 2.03 bits per heavy atom. The van der Waals surface area contributed by atoms with E-state index in [2.05, 4.69) is 47.6 Å². The van der Waals surface area contributed by atoms with Crippen molar-refractivity contribution in [2.24, 2.45) is 45.3 Å². The summed E-state index contributed by atoms with van der Waals surface area (Å²) >= 11 is 0. The van der Waals surface area contributed by atoms with Crippen molar-refractivity contribution in [3.63, 3.8) is 0 Å². The first kappa shape index (κ1) is 55.2. The molecule has 418 valence electrons. The molecular weight excluding hydrogens is 961 g/mol. The van der Waals surface area contributed by atoms with Gasteiger partial charge in [-0.05, 0) is 100 Å². The van der Waals surface area contributed by atoms with Crippen molar-refractivity contribution in [2.45, 2.75) is 241 Å². The lowest BCUT2D eigenvalue weighted by atomic mass is 9.35. The first-order valence-electron chi connectivity index (χ1n) is 26.8. The van der Waals surface area contributed by atoms with Crippen LogP contribution < -0.4 is 0 Å². The Morgan fingerprint density at radius 2 is 1.32 bits per heavy atom. The maximum atomic E-state index is 12.3. The summed E-state index contributed by atoms with van der Waals surface area (Å²) in [6.45, 7) is 15.9. The van der Waals surface area contributed by atoms with E-state index in [9.17, 15) is 56.2 Å². The number of aliphatic hydroxyl groups excluding tert-OH is 10. The van der Waals surface area contributed by atoms with E-state index in [0.29, 0.717) is 25.4 Å². The van der Waals surface area contributed by atoms with Crippen LogP contribution in [0.4, 0.5) is 0 Å². The molecule has 0 aromatic carbocycles. The van der Waals surface area contributed by atoms with E-state index in [1.165, 1.54) is 6.92 Å². The van der Waals surface area contributed by atoms with Crippen LogP contribution in [0.3, 0.4) is 0 Å². The summed E-state index contributed by atoms with van der Waals surface area (Å²) in [6, 6.07) is 0. The highest BCUT2D eigenvalue weighted by atomic mass is 16.8. The second-order valence-corrected chi connectivity index (χ2v) is 25.3.